The number of piperidine rings is 1. The lowest BCUT2D eigenvalue weighted by Gasteiger charge is -2.37. The number of aliphatic hydroxyl groups excluding tert-OH is 1. The quantitative estimate of drug-likeness (QED) is 0.924. The lowest BCUT2D eigenvalue weighted by atomic mass is 10.0. The predicted molar refractivity (Wildman–Crippen MR) is 79.2 cm³/mol. The number of hydrogen-bond donors (Lipinski definition) is 1. The van der Waals surface area contributed by atoms with E-state index in [0.29, 0.717) is 13.1 Å². The maximum atomic E-state index is 13.6. The first-order valence-electron chi connectivity index (χ1n) is 7.48. The average Bonchev–Trinajstić information content (AvgIpc) is 2.47. The highest BCUT2D eigenvalue weighted by molar-refractivity contribution is 5.73. The molecule has 0 aliphatic carbocycles. The largest absolute Gasteiger partial charge is 0.387 e. The molecular formula is C16H22F2N2O2. The van der Waals surface area contributed by atoms with E-state index < -0.39 is 17.7 Å². The van der Waals surface area contributed by atoms with Crippen LogP contribution in [0.4, 0.5) is 8.78 Å². The van der Waals surface area contributed by atoms with Gasteiger partial charge in [-0.2, -0.15) is 0 Å². The zero-order chi connectivity index (χ0) is 16.3. The Kier molecular flexibility index (Phi) is 5.47. The zero-order valence-corrected chi connectivity index (χ0v) is 12.9. The fourth-order valence-corrected chi connectivity index (χ4v) is 2.91. The van der Waals surface area contributed by atoms with Crippen LogP contribution in [0.1, 0.15) is 31.4 Å². The van der Waals surface area contributed by atoms with Crippen LogP contribution in [-0.4, -0.2) is 53.5 Å². The minimum absolute atomic E-state index is 0.0342. The lowest BCUT2D eigenvalue weighted by Crippen LogP contribution is -2.45. The second-order valence-corrected chi connectivity index (χ2v) is 5.81. The van der Waals surface area contributed by atoms with Gasteiger partial charge in [0.15, 0.2) is 0 Å². The number of carbonyl (C=O) groups is 1. The summed E-state index contributed by atoms with van der Waals surface area (Å²) in [7, 11) is 1.78. The SMILES string of the molecule is CC(=O)N(C)C1CCN(CC(O)c2c(F)cccc2F)CC1. The maximum absolute atomic E-state index is 13.6. The standard InChI is InChI=1S/C16H22F2N2O2/c1-11(21)19(2)12-6-8-20(9-7-12)10-15(22)16-13(17)4-3-5-14(16)18/h3-5,12,15,22H,6-10H2,1-2H3. The number of likely N-dealkylation sites (tertiary alicyclic amines) is 1. The summed E-state index contributed by atoms with van der Waals surface area (Å²) in [6.07, 6.45) is 0.397. The fraction of sp³-hybridized carbons (Fsp3) is 0.562. The van der Waals surface area contributed by atoms with Crippen molar-refractivity contribution in [2.24, 2.45) is 0 Å². The van der Waals surface area contributed by atoms with Gasteiger partial charge in [0.25, 0.3) is 0 Å². The summed E-state index contributed by atoms with van der Waals surface area (Å²) in [6, 6.07) is 3.77. The molecule has 0 saturated carbocycles. The Bertz CT molecular complexity index is 511. The van der Waals surface area contributed by atoms with E-state index >= 15 is 0 Å². The van der Waals surface area contributed by atoms with Crippen molar-refractivity contribution in [1.82, 2.24) is 9.80 Å². The molecule has 0 radical (unpaired) electrons. The number of halogens is 2. The van der Waals surface area contributed by atoms with E-state index in [4.69, 9.17) is 0 Å². The van der Waals surface area contributed by atoms with Crippen molar-refractivity contribution < 1.29 is 18.7 Å². The molecular weight excluding hydrogens is 290 g/mol. The van der Waals surface area contributed by atoms with Crippen molar-refractivity contribution >= 4 is 5.91 Å². The van der Waals surface area contributed by atoms with Crippen LogP contribution >= 0.6 is 0 Å². The van der Waals surface area contributed by atoms with Crippen molar-refractivity contribution in [3.05, 3.63) is 35.4 Å². The van der Waals surface area contributed by atoms with Gasteiger partial charge in [-0.15, -0.1) is 0 Å². The van der Waals surface area contributed by atoms with Gasteiger partial charge in [0.05, 0.1) is 11.7 Å². The van der Waals surface area contributed by atoms with Crippen molar-refractivity contribution in [3.8, 4) is 0 Å². The van der Waals surface area contributed by atoms with Crippen LogP contribution in [0.15, 0.2) is 18.2 Å². The van der Waals surface area contributed by atoms with Crippen LogP contribution < -0.4 is 0 Å². The first-order chi connectivity index (χ1) is 10.4. The van der Waals surface area contributed by atoms with Gasteiger partial charge in [-0.3, -0.25) is 4.79 Å². The van der Waals surface area contributed by atoms with Crippen molar-refractivity contribution in [3.63, 3.8) is 0 Å². The molecule has 1 aliphatic rings. The van der Waals surface area contributed by atoms with Gasteiger partial charge >= 0.3 is 0 Å². The monoisotopic (exact) mass is 312 g/mol. The molecule has 1 N–H and O–H groups in total. The zero-order valence-electron chi connectivity index (χ0n) is 12.9. The highest BCUT2D eigenvalue weighted by Crippen LogP contribution is 2.23. The Morgan fingerprint density at radius 2 is 1.91 bits per heavy atom. The van der Waals surface area contributed by atoms with Crippen molar-refractivity contribution in [1.29, 1.82) is 0 Å². The van der Waals surface area contributed by atoms with Gasteiger partial charge in [-0.1, -0.05) is 6.07 Å². The number of rotatable bonds is 4. The molecule has 1 heterocycles. The van der Waals surface area contributed by atoms with Gasteiger partial charge in [-0.05, 0) is 25.0 Å². The van der Waals surface area contributed by atoms with E-state index in [0.717, 1.165) is 25.0 Å². The molecule has 1 unspecified atom stereocenters. The van der Waals surface area contributed by atoms with E-state index in [1.807, 2.05) is 4.90 Å². The summed E-state index contributed by atoms with van der Waals surface area (Å²) in [6.45, 7) is 3.11. The van der Waals surface area contributed by atoms with Gasteiger partial charge < -0.3 is 14.9 Å². The number of amides is 1. The van der Waals surface area contributed by atoms with Gasteiger partial charge in [0.1, 0.15) is 11.6 Å². The molecule has 1 aliphatic heterocycles. The molecule has 1 aromatic carbocycles. The van der Waals surface area contributed by atoms with Crippen LogP contribution in [0.3, 0.4) is 0 Å². The van der Waals surface area contributed by atoms with E-state index in [9.17, 15) is 18.7 Å². The summed E-state index contributed by atoms with van der Waals surface area (Å²) in [5.41, 5.74) is -0.273. The molecule has 2 rings (SSSR count). The molecule has 1 aromatic rings. The molecule has 0 spiro atoms. The van der Waals surface area contributed by atoms with E-state index in [-0.39, 0.29) is 24.1 Å². The number of carbonyl (C=O) groups excluding carboxylic acids is 1. The van der Waals surface area contributed by atoms with Gasteiger partial charge in [0, 0.05) is 39.6 Å². The van der Waals surface area contributed by atoms with Crippen molar-refractivity contribution in [2.45, 2.75) is 31.9 Å². The van der Waals surface area contributed by atoms with Crippen LogP contribution in [0.2, 0.25) is 0 Å². The summed E-state index contributed by atoms with van der Waals surface area (Å²) in [5.74, 6) is -1.41. The van der Waals surface area contributed by atoms with Crippen LogP contribution in [0.25, 0.3) is 0 Å². The summed E-state index contributed by atoms with van der Waals surface area (Å²) in [5, 5.41) is 10.1. The lowest BCUT2D eigenvalue weighted by molar-refractivity contribution is -0.130. The third-order valence-corrected chi connectivity index (χ3v) is 4.37. The van der Waals surface area contributed by atoms with E-state index in [1.165, 1.54) is 13.0 Å². The first-order valence-corrected chi connectivity index (χ1v) is 7.48. The molecule has 22 heavy (non-hydrogen) atoms. The number of benzene rings is 1. The molecule has 1 amide bonds. The second-order valence-electron chi connectivity index (χ2n) is 5.81. The van der Waals surface area contributed by atoms with Gasteiger partial charge in [-0.25, -0.2) is 8.78 Å². The Morgan fingerprint density at radius 1 is 1.36 bits per heavy atom. The Hall–Kier alpha value is -1.53. The normalized spacial score (nSPS) is 18.2. The number of β-amino-alcohol motifs (C(OH)–C–C–N with tert-alkyl or cyclic N) is 1. The smallest absolute Gasteiger partial charge is 0.219 e. The first kappa shape index (κ1) is 16.8. The van der Waals surface area contributed by atoms with E-state index in [2.05, 4.69) is 0 Å². The summed E-state index contributed by atoms with van der Waals surface area (Å²) in [4.78, 5) is 15.1. The molecule has 1 saturated heterocycles. The number of nitrogens with zero attached hydrogens (tertiary/aromatic N) is 2. The topological polar surface area (TPSA) is 43.8 Å². The third-order valence-electron chi connectivity index (χ3n) is 4.37. The predicted octanol–water partition coefficient (Wildman–Crippen LogP) is 1.94. The Balaban J connectivity index is 1.92. The van der Waals surface area contributed by atoms with Crippen LogP contribution in [-0.2, 0) is 4.79 Å². The average molecular weight is 312 g/mol. The van der Waals surface area contributed by atoms with Gasteiger partial charge in [0.2, 0.25) is 5.91 Å². The molecule has 1 atom stereocenters. The van der Waals surface area contributed by atoms with E-state index in [1.54, 1.807) is 11.9 Å². The number of hydrogen-bond acceptors (Lipinski definition) is 3. The Morgan fingerprint density at radius 3 is 2.41 bits per heavy atom. The van der Waals surface area contributed by atoms with Crippen LogP contribution in [0.5, 0.6) is 0 Å². The molecule has 6 heteroatoms. The second kappa shape index (κ2) is 7.15. The summed E-state index contributed by atoms with van der Waals surface area (Å²) >= 11 is 0. The molecule has 0 aromatic heterocycles. The highest BCUT2D eigenvalue weighted by atomic mass is 19.1. The maximum Gasteiger partial charge on any atom is 0.219 e. The minimum atomic E-state index is -1.19. The molecule has 0 bridgehead atoms. The van der Waals surface area contributed by atoms with Crippen molar-refractivity contribution in [2.75, 3.05) is 26.7 Å². The molecule has 122 valence electrons. The molecule has 4 nitrogen and oxygen atoms in total. The molecule has 1 fully saturated rings. The summed E-state index contributed by atoms with van der Waals surface area (Å²) < 4.78 is 27.3. The minimum Gasteiger partial charge on any atom is -0.387 e. The third kappa shape index (κ3) is 3.81. The Labute approximate surface area is 129 Å². The fourth-order valence-electron chi connectivity index (χ4n) is 2.91. The number of aliphatic hydroxyl groups is 1. The van der Waals surface area contributed by atoms with Crippen LogP contribution in [0, 0.1) is 11.6 Å². The highest BCUT2D eigenvalue weighted by Gasteiger charge is 2.26.